The van der Waals surface area contributed by atoms with Crippen LogP contribution < -0.4 is 5.32 Å². The molecule has 0 aliphatic heterocycles. The summed E-state index contributed by atoms with van der Waals surface area (Å²) in [5, 5.41) is 17.9. The molecule has 0 aliphatic rings. The van der Waals surface area contributed by atoms with E-state index < -0.39 is 12.0 Å². The fourth-order valence-electron chi connectivity index (χ4n) is 1.42. The zero-order chi connectivity index (χ0) is 13.0. The Kier molecular flexibility index (Phi) is 4.25. The maximum Gasteiger partial charge on any atom is 0.305 e. The number of aryl methyl sites for hydroxylation is 1. The summed E-state index contributed by atoms with van der Waals surface area (Å²) in [6, 6.07) is 1.23. The molecule has 1 amide bonds. The van der Waals surface area contributed by atoms with E-state index >= 15 is 0 Å². The molecule has 17 heavy (non-hydrogen) atoms. The third kappa shape index (κ3) is 3.90. The van der Waals surface area contributed by atoms with Crippen molar-refractivity contribution in [1.82, 2.24) is 15.5 Å². The Hall–Kier alpha value is -1.85. The smallest absolute Gasteiger partial charge is 0.305 e. The fraction of sp³-hybridized carbons (Fsp3) is 0.545. The molecule has 1 aromatic rings. The predicted octanol–water partition coefficient (Wildman–Crippen LogP) is 0.947. The SMILES string of the molecule is Cc1cc(C(=O)NC(CC(=O)O)C(C)C)n[nH]1. The van der Waals surface area contributed by atoms with E-state index in [1.807, 2.05) is 13.8 Å². The number of H-pyrrole nitrogens is 1. The van der Waals surface area contributed by atoms with Crippen LogP contribution in [0.1, 0.15) is 36.5 Å². The first-order valence-electron chi connectivity index (χ1n) is 5.44. The number of hydrogen-bond acceptors (Lipinski definition) is 3. The first-order valence-corrected chi connectivity index (χ1v) is 5.44. The van der Waals surface area contributed by atoms with Gasteiger partial charge in [0.1, 0.15) is 5.69 Å². The maximum absolute atomic E-state index is 11.8. The molecule has 0 aliphatic carbocycles. The number of amides is 1. The molecule has 0 fully saturated rings. The standard InChI is InChI=1S/C11H17N3O3/c1-6(2)8(5-10(15)16)12-11(17)9-4-7(3)13-14-9/h4,6,8H,5H2,1-3H3,(H,12,17)(H,13,14)(H,15,16). The van der Waals surface area contributed by atoms with Crippen LogP contribution in [0.15, 0.2) is 6.07 Å². The highest BCUT2D eigenvalue weighted by molar-refractivity contribution is 5.92. The number of carbonyl (C=O) groups is 2. The van der Waals surface area contributed by atoms with E-state index in [2.05, 4.69) is 15.5 Å². The van der Waals surface area contributed by atoms with Crippen molar-refractivity contribution >= 4 is 11.9 Å². The normalized spacial score (nSPS) is 12.5. The largest absolute Gasteiger partial charge is 0.481 e. The molecule has 1 unspecified atom stereocenters. The van der Waals surface area contributed by atoms with Crippen LogP contribution in [-0.4, -0.2) is 33.2 Å². The summed E-state index contributed by atoms with van der Waals surface area (Å²) < 4.78 is 0. The van der Waals surface area contributed by atoms with E-state index in [9.17, 15) is 9.59 Å². The Morgan fingerprint density at radius 1 is 1.53 bits per heavy atom. The highest BCUT2D eigenvalue weighted by Crippen LogP contribution is 2.07. The Balaban J connectivity index is 2.67. The second kappa shape index (κ2) is 5.47. The van der Waals surface area contributed by atoms with Crippen molar-refractivity contribution in [1.29, 1.82) is 0 Å². The van der Waals surface area contributed by atoms with Crippen molar-refractivity contribution in [3.63, 3.8) is 0 Å². The quantitative estimate of drug-likeness (QED) is 0.712. The van der Waals surface area contributed by atoms with Gasteiger partial charge in [0.25, 0.3) is 5.91 Å². The minimum atomic E-state index is -0.929. The number of nitrogens with one attached hydrogen (secondary N) is 2. The Morgan fingerprint density at radius 2 is 2.18 bits per heavy atom. The van der Waals surface area contributed by atoms with Crippen molar-refractivity contribution in [3.8, 4) is 0 Å². The molecule has 6 nitrogen and oxygen atoms in total. The topological polar surface area (TPSA) is 95.1 Å². The molecule has 0 aromatic carbocycles. The van der Waals surface area contributed by atoms with Crippen LogP contribution in [0.25, 0.3) is 0 Å². The number of aromatic amines is 1. The highest BCUT2D eigenvalue weighted by Gasteiger charge is 2.21. The van der Waals surface area contributed by atoms with E-state index in [4.69, 9.17) is 5.11 Å². The molecule has 1 aromatic heterocycles. The third-order valence-corrected chi connectivity index (χ3v) is 2.45. The molecule has 0 bridgehead atoms. The predicted molar refractivity (Wildman–Crippen MR) is 61.7 cm³/mol. The number of aromatic nitrogens is 2. The molecule has 1 rings (SSSR count). The summed E-state index contributed by atoms with van der Waals surface area (Å²) in [5.41, 5.74) is 1.06. The average Bonchev–Trinajstić information content (AvgIpc) is 2.63. The lowest BCUT2D eigenvalue weighted by Crippen LogP contribution is -2.40. The van der Waals surface area contributed by atoms with Gasteiger partial charge in [-0.15, -0.1) is 0 Å². The summed E-state index contributed by atoms with van der Waals surface area (Å²) in [6.07, 6.45) is -0.0905. The molecule has 0 saturated heterocycles. The van der Waals surface area contributed by atoms with Crippen molar-refractivity contribution in [2.75, 3.05) is 0 Å². The van der Waals surface area contributed by atoms with Crippen LogP contribution in [0.2, 0.25) is 0 Å². The van der Waals surface area contributed by atoms with Crippen molar-refractivity contribution in [2.45, 2.75) is 33.2 Å². The summed E-state index contributed by atoms with van der Waals surface area (Å²) in [4.78, 5) is 22.4. The molecular formula is C11H17N3O3. The lowest BCUT2D eigenvalue weighted by atomic mass is 10.0. The van der Waals surface area contributed by atoms with E-state index in [-0.39, 0.29) is 23.9 Å². The zero-order valence-corrected chi connectivity index (χ0v) is 10.2. The molecule has 1 atom stereocenters. The van der Waals surface area contributed by atoms with Gasteiger partial charge in [-0.2, -0.15) is 5.10 Å². The molecule has 94 valence electrons. The van der Waals surface area contributed by atoms with Crippen LogP contribution in [0, 0.1) is 12.8 Å². The van der Waals surface area contributed by atoms with Gasteiger partial charge in [-0.25, -0.2) is 0 Å². The molecule has 1 heterocycles. The summed E-state index contributed by atoms with van der Waals surface area (Å²) >= 11 is 0. The molecular weight excluding hydrogens is 222 g/mol. The van der Waals surface area contributed by atoms with Gasteiger partial charge in [-0.05, 0) is 18.9 Å². The lowest BCUT2D eigenvalue weighted by Gasteiger charge is -2.19. The fourth-order valence-corrected chi connectivity index (χ4v) is 1.42. The molecule has 3 N–H and O–H groups in total. The maximum atomic E-state index is 11.8. The number of carboxylic acid groups (broad SMARTS) is 1. The summed E-state index contributed by atoms with van der Waals surface area (Å²) in [7, 11) is 0. The first kappa shape index (κ1) is 13.2. The van der Waals surface area contributed by atoms with Crippen LogP contribution in [0.5, 0.6) is 0 Å². The van der Waals surface area contributed by atoms with Gasteiger partial charge in [0.05, 0.1) is 6.42 Å². The van der Waals surface area contributed by atoms with Gasteiger partial charge in [-0.3, -0.25) is 14.7 Å². The number of carbonyl (C=O) groups excluding carboxylic acids is 1. The molecule has 0 saturated carbocycles. The van der Waals surface area contributed by atoms with Crippen LogP contribution in [0.3, 0.4) is 0 Å². The number of rotatable bonds is 5. The van der Waals surface area contributed by atoms with Crippen LogP contribution >= 0.6 is 0 Å². The van der Waals surface area contributed by atoms with Gasteiger partial charge in [-0.1, -0.05) is 13.8 Å². The molecule has 0 spiro atoms. The van der Waals surface area contributed by atoms with Gasteiger partial charge < -0.3 is 10.4 Å². The Labute approximate surface area is 99.4 Å². The van der Waals surface area contributed by atoms with E-state index in [0.29, 0.717) is 0 Å². The van der Waals surface area contributed by atoms with E-state index in [1.54, 1.807) is 13.0 Å². The third-order valence-electron chi connectivity index (χ3n) is 2.45. The van der Waals surface area contributed by atoms with E-state index in [0.717, 1.165) is 5.69 Å². The van der Waals surface area contributed by atoms with Gasteiger partial charge in [0, 0.05) is 11.7 Å². The number of nitrogens with zero attached hydrogens (tertiary/aromatic N) is 1. The minimum absolute atomic E-state index is 0.0510. The second-order valence-corrected chi connectivity index (χ2v) is 4.36. The van der Waals surface area contributed by atoms with Crippen molar-refractivity contribution < 1.29 is 14.7 Å². The Morgan fingerprint density at radius 3 is 2.59 bits per heavy atom. The first-order chi connectivity index (χ1) is 7.90. The number of carboxylic acids is 1. The highest BCUT2D eigenvalue weighted by atomic mass is 16.4. The number of hydrogen-bond donors (Lipinski definition) is 3. The zero-order valence-electron chi connectivity index (χ0n) is 10.2. The minimum Gasteiger partial charge on any atom is -0.481 e. The van der Waals surface area contributed by atoms with Crippen LogP contribution in [-0.2, 0) is 4.79 Å². The van der Waals surface area contributed by atoms with E-state index in [1.165, 1.54) is 0 Å². The van der Waals surface area contributed by atoms with Gasteiger partial charge in [0.2, 0.25) is 0 Å². The Bertz CT molecular complexity index is 412. The monoisotopic (exact) mass is 239 g/mol. The van der Waals surface area contributed by atoms with Crippen molar-refractivity contribution in [3.05, 3.63) is 17.5 Å². The molecule has 6 heteroatoms. The van der Waals surface area contributed by atoms with Crippen molar-refractivity contribution in [2.24, 2.45) is 5.92 Å². The second-order valence-electron chi connectivity index (χ2n) is 4.36. The average molecular weight is 239 g/mol. The van der Waals surface area contributed by atoms with Gasteiger partial charge >= 0.3 is 5.97 Å². The molecule has 0 radical (unpaired) electrons. The van der Waals surface area contributed by atoms with Crippen LogP contribution in [0.4, 0.5) is 0 Å². The summed E-state index contributed by atoms with van der Waals surface area (Å²) in [6.45, 7) is 5.52. The lowest BCUT2D eigenvalue weighted by molar-refractivity contribution is -0.137. The number of aliphatic carboxylic acids is 1. The summed E-state index contributed by atoms with van der Waals surface area (Å²) in [5.74, 6) is -1.23. The van der Waals surface area contributed by atoms with Gasteiger partial charge in [0.15, 0.2) is 0 Å².